The summed E-state index contributed by atoms with van der Waals surface area (Å²) < 4.78 is 0. The van der Waals surface area contributed by atoms with Gasteiger partial charge < -0.3 is 11.1 Å². The fourth-order valence-corrected chi connectivity index (χ4v) is 2.54. The minimum absolute atomic E-state index is 0. The third-order valence-corrected chi connectivity index (χ3v) is 3.70. The van der Waals surface area contributed by atoms with E-state index in [2.05, 4.69) is 41.5 Å². The van der Waals surface area contributed by atoms with Gasteiger partial charge in [-0.05, 0) is 36.6 Å². The number of guanidine groups is 1. The van der Waals surface area contributed by atoms with Crippen LogP contribution in [0.15, 0.2) is 59.6 Å². The van der Waals surface area contributed by atoms with Crippen molar-refractivity contribution in [3.63, 3.8) is 0 Å². The number of anilines is 1. The molecular formula is C17H20IN3. The van der Waals surface area contributed by atoms with E-state index in [-0.39, 0.29) is 24.0 Å². The number of halogens is 1. The lowest BCUT2D eigenvalue weighted by atomic mass is 10.0. The molecule has 2 aromatic rings. The number of hydrogen-bond acceptors (Lipinski definition) is 1. The molecule has 3 nitrogen and oxygen atoms in total. The fraction of sp³-hybridized carbons (Fsp3) is 0.235. The van der Waals surface area contributed by atoms with Crippen molar-refractivity contribution < 1.29 is 0 Å². The van der Waals surface area contributed by atoms with Crippen LogP contribution in [0.5, 0.6) is 0 Å². The zero-order chi connectivity index (χ0) is 13.9. The van der Waals surface area contributed by atoms with Gasteiger partial charge in [-0.25, -0.2) is 4.99 Å². The van der Waals surface area contributed by atoms with Gasteiger partial charge in [-0.2, -0.15) is 0 Å². The maximum atomic E-state index is 5.96. The number of nitrogens with one attached hydrogen (secondary N) is 1. The van der Waals surface area contributed by atoms with Crippen LogP contribution < -0.4 is 11.1 Å². The first-order valence-electron chi connectivity index (χ1n) is 6.95. The van der Waals surface area contributed by atoms with Crippen LogP contribution in [-0.2, 0) is 0 Å². The molecule has 0 aromatic heterocycles. The molecule has 110 valence electrons. The maximum Gasteiger partial charge on any atom is 0.193 e. The Morgan fingerprint density at radius 2 is 1.76 bits per heavy atom. The average Bonchev–Trinajstić information content (AvgIpc) is 3.19. The van der Waals surface area contributed by atoms with E-state index in [1.54, 1.807) is 0 Å². The summed E-state index contributed by atoms with van der Waals surface area (Å²) in [6.45, 7) is 2.15. The van der Waals surface area contributed by atoms with Gasteiger partial charge >= 0.3 is 0 Å². The van der Waals surface area contributed by atoms with Crippen molar-refractivity contribution in [1.82, 2.24) is 0 Å². The average molecular weight is 393 g/mol. The first kappa shape index (κ1) is 15.8. The van der Waals surface area contributed by atoms with Gasteiger partial charge in [0.15, 0.2) is 5.96 Å². The van der Waals surface area contributed by atoms with Crippen LogP contribution >= 0.6 is 24.0 Å². The molecule has 1 aliphatic rings. The van der Waals surface area contributed by atoms with Crippen molar-refractivity contribution in [2.45, 2.75) is 25.3 Å². The molecule has 3 rings (SSSR count). The minimum Gasteiger partial charge on any atom is -0.370 e. The van der Waals surface area contributed by atoms with Crippen molar-refractivity contribution in [1.29, 1.82) is 0 Å². The lowest BCUT2D eigenvalue weighted by Crippen LogP contribution is -2.23. The number of para-hydroxylation sites is 1. The van der Waals surface area contributed by atoms with E-state index in [0.717, 1.165) is 12.1 Å². The van der Waals surface area contributed by atoms with Gasteiger partial charge in [0, 0.05) is 11.6 Å². The number of aliphatic imine (C=N–C) groups is 1. The van der Waals surface area contributed by atoms with E-state index in [9.17, 15) is 0 Å². The molecular weight excluding hydrogens is 373 g/mol. The third-order valence-electron chi connectivity index (χ3n) is 3.70. The van der Waals surface area contributed by atoms with Gasteiger partial charge in [0.1, 0.15) is 0 Å². The molecule has 0 amide bonds. The van der Waals surface area contributed by atoms with Crippen molar-refractivity contribution in [3.05, 3.63) is 65.7 Å². The summed E-state index contributed by atoms with van der Waals surface area (Å²) in [6, 6.07) is 18.7. The highest BCUT2D eigenvalue weighted by Gasteiger charge is 2.39. The standard InChI is InChI=1S/C17H19N3.HI/c1-12-7-5-6-10-14(12)15-11-16(15)20-17(18)19-13-8-3-2-4-9-13;/h2-10,15-16H,11H2,1H3,(H3,18,19,20);1H. The molecule has 0 bridgehead atoms. The molecule has 0 spiro atoms. The van der Waals surface area contributed by atoms with Gasteiger partial charge in [-0.15, -0.1) is 24.0 Å². The zero-order valence-corrected chi connectivity index (χ0v) is 14.3. The molecule has 4 heteroatoms. The summed E-state index contributed by atoms with van der Waals surface area (Å²) in [7, 11) is 0. The Hall–Kier alpha value is -1.56. The van der Waals surface area contributed by atoms with Crippen LogP contribution in [0.2, 0.25) is 0 Å². The Labute approximate surface area is 142 Å². The summed E-state index contributed by atoms with van der Waals surface area (Å²) in [5, 5.41) is 3.13. The second-order valence-corrected chi connectivity index (χ2v) is 5.27. The SMILES string of the molecule is Cc1ccccc1C1CC1N=C(N)Nc1ccccc1.I. The topological polar surface area (TPSA) is 50.4 Å². The Balaban J connectivity index is 0.00000161. The first-order valence-corrected chi connectivity index (χ1v) is 6.95. The van der Waals surface area contributed by atoms with Gasteiger partial charge in [-0.1, -0.05) is 42.5 Å². The van der Waals surface area contributed by atoms with Gasteiger partial charge in [0.25, 0.3) is 0 Å². The monoisotopic (exact) mass is 393 g/mol. The van der Waals surface area contributed by atoms with Crippen LogP contribution in [0.1, 0.15) is 23.5 Å². The molecule has 2 aromatic carbocycles. The van der Waals surface area contributed by atoms with Crippen molar-refractivity contribution in [3.8, 4) is 0 Å². The highest BCUT2D eigenvalue weighted by atomic mass is 127. The normalized spacial score (nSPS) is 20.5. The van der Waals surface area contributed by atoms with E-state index in [0.29, 0.717) is 17.9 Å². The Morgan fingerprint density at radius 1 is 1.10 bits per heavy atom. The second kappa shape index (κ2) is 6.93. The summed E-state index contributed by atoms with van der Waals surface area (Å²) in [5.41, 5.74) is 9.67. The number of hydrogen-bond donors (Lipinski definition) is 2. The second-order valence-electron chi connectivity index (χ2n) is 5.27. The highest BCUT2D eigenvalue weighted by Crippen LogP contribution is 2.44. The van der Waals surface area contributed by atoms with Crippen molar-refractivity contribution >= 4 is 35.6 Å². The van der Waals surface area contributed by atoms with E-state index in [4.69, 9.17) is 5.73 Å². The first-order chi connectivity index (χ1) is 9.74. The van der Waals surface area contributed by atoms with E-state index in [1.807, 2.05) is 30.3 Å². The largest absolute Gasteiger partial charge is 0.370 e. The van der Waals surface area contributed by atoms with Gasteiger partial charge in [0.2, 0.25) is 0 Å². The van der Waals surface area contributed by atoms with Crippen molar-refractivity contribution in [2.24, 2.45) is 10.7 Å². The predicted octanol–water partition coefficient (Wildman–Crippen LogP) is 3.90. The molecule has 1 aliphatic carbocycles. The molecule has 1 fully saturated rings. The quantitative estimate of drug-likeness (QED) is 0.472. The smallest absolute Gasteiger partial charge is 0.193 e. The van der Waals surface area contributed by atoms with Crippen LogP contribution in [0.25, 0.3) is 0 Å². The predicted molar refractivity (Wildman–Crippen MR) is 99.4 cm³/mol. The zero-order valence-electron chi connectivity index (χ0n) is 12.0. The summed E-state index contributed by atoms with van der Waals surface area (Å²) in [6.07, 6.45) is 1.09. The Kier molecular flexibility index (Phi) is 5.22. The summed E-state index contributed by atoms with van der Waals surface area (Å²) in [5.74, 6) is 1.02. The number of benzene rings is 2. The lowest BCUT2D eigenvalue weighted by Gasteiger charge is -2.06. The molecule has 0 aliphatic heterocycles. The molecule has 21 heavy (non-hydrogen) atoms. The van der Waals surface area contributed by atoms with Crippen LogP contribution in [-0.4, -0.2) is 12.0 Å². The van der Waals surface area contributed by atoms with E-state index in [1.165, 1.54) is 11.1 Å². The van der Waals surface area contributed by atoms with Crippen LogP contribution in [0.4, 0.5) is 5.69 Å². The highest BCUT2D eigenvalue weighted by molar-refractivity contribution is 14.0. The third kappa shape index (κ3) is 3.97. The van der Waals surface area contributed by atoms with E-state index < -0.39 is 0 Å². The lowest BCUT2D eigenvalue weighted by molar-refractivity contribution is 0.975. The molecule has 3 N–H and O–H groups in total. The molecule has 2 unspecified atom stereocenters. The minimum atomic E-state index is 0. The van der Waals surface area contributed by atoms with Crippen LogP contribution in [0.3, 0.4) is 0 Å². The van der Waals surface area contributed by atoms with E-state index >= 15 is 0 Å². The maximum absolute atomic E-state index is 5.96. The summed E-state index contributed by atoms with van der Waals surface area (Å²) >= 11 is 0. The number of aryl methyl sites for hydroxylation is 1. The summed E-state index contributed by atoms with van der Waals surface area (Å²) in [4.78, 5) is 4.57. The fourth-order valence-electron chi connectivity index (χ4n) is 2.54. The Morgan fingerprint density at radius 3 is 2.48 bits per heavy atom. The number of rotatable bonds is 3. The molecule has 1 saturated carbocycles. The number of nitrogens with zero attached hydrogens (tertiary/aromatic N) is 1. The molecule has 0 saturated heterocycles. The Bertz CT molecular complexity index is 625. The molecule has 0 radical (unpaired) electrons. The number of nitrogens with two attached hydrogens (primary N) is 1. The molecule has 0 heterocycles. The van der Waals surface area contributed by atoms with Gasteiger partial charge in [-0.3, -0.25) is 0 Å². The van der Waals surface area contributed by atoms with Gasteiger partial charge in [0.05, 0.1) is 6.04 Å². The molecule has 2 atom stereocenters. The van der Waals surface area contributed by atoms with Crippen molar-refractivity contribution in [2.75, 3.05) is 5.32 Å². The van der Waals surface area contributed by atoms with Crippen LogP contribution in [0, 0.1) is 6.92 Å².